The van der Waals surface area contributed by atoms with Gasteiger partial charge >= 0.3 is 5.97 Å². The second kappa shape index (κ2) is 4.34. The quantitative estimate of drug-likeness (QED) is 0.849. The second-order valence-corrected chi connectivity index (χ2v) is 5.33. The number of carboxylic acid groups (broad SMARTS) is 1. The van der Waals surface area contributed by atoms with Gasteiger partial charge in [0.05, 0.1) is 11.1 Å². The summed E-state index contributed by atoms with van der Waals surface area (Å²) < 4.78 is 0. The molecular weight excluding hydrogens is 238 g/mol. The Balaban J connectivity index is 2.45. The lowest BCUT2D eigenvalue weighted by Crippen LogP contribution is -2.13. The maximum Gasteiger partial charge on any atom is 0.336 e. The van der Waals surface area contributed by atoms with Gasteiger partial charge in [-0.2, -0.15) is 0 Å². The van der Waals surface area contributed by atoms with Crippen LogP contribution in [0.2, 0.25) is 0 Å². The monoisotopic (exact) mass is 255 g/mol. The number of aryl methyl sites for hydroxylation is 3. The van der Waals surface area contributed by atoms with Crippen LogP contribution in [0, 0.1) is 13.8 Å². The molecule has 98 valence electrons. The van der Waals surface area contributed by atoms with E-state index in [1.165, 1.54) is 0 Å². The summed E-state index contributed by atoms with van der Waals surface area (Å²) in [6.45, 7) is 4.06. The van der Waals surface area contributed by atoms with E-state index < -0.39 is 5.97 Å². The predicted molar refractivity (Wildman–Crippen MR) is 74.8 cm³/mol. The van der Waals surface area contributed by atoms with Gasteiger partial charge in [-0.1, -0.05) is 12.1 Å². The molecule has 1 aromatic heterocycles. The van der Waals surface area contributed by atoms with Crippen LogP contribution in [0.25, 0.3) is 10.9 Å². The van der Waals surface area contributed by atoms with E-state index in [0.717, 1.165) is 59.0 Å². The van der Waals surface area contributed by atoms with E-state index in [1.807, 2.05) is 26.0 Å². The first-order valence-corrected chi connectivity index (χ1v) is 6.74. The number of aromatic nitrogens is 1. The summed E-state index contributed by atoms with van der Waals surface area (Å²) >= 11 is 0. The van der Waals surface area contributed by atoms with Gasteiger partial charge in [0, 0.05) is 11.1 Å². The van der Waals surface area contributed by atoms with E-state index in [9.17, 15) is 9.90 Å². The van der Waals surface area contributed by atoms with E-state index in [2.05, 4.69) is 0 Å². The Morgan fingerprint density at radius 3 is 2.68 bits per heavy atom. The smallest absolute Gasteiger partial charge is 0.336 e. The minimum Gasteiger partial charge on any atom is -0.478 e. The number of rotatable bonds is 1. The Morgan fingerprint density at radius 1 is 1.21 bits per heavy atom. The van der Waals surface area contributed by atoms with Crippen LogP contribution in [0.4, 0.5) is 0 Å². The van der Waals surface area contributed by atoms with E-state index in [1.54, 1.807) is 0 Å². The van der Waals surface area contributed by atoms with Crippen LogP contribution >= 0.6 is 0 Å². The third kappa shape index (κ3) is 1.81. The largest absolute Gasteiger partial charge is 0.478 e. The van der Waals surface area contributed by atoms with Gasteiger partial charge in [-0.3, -0.25) is 4.98 Å². The van der Waals surface area contributed by atoms with Crippen molar-refractivity contribution in [3.8, 4) is 0 Å². The summed E-state index contributed by atoms with van der Waals surface area (Å²) in [6.07, 6.45) is 3.91. The van der Waals surface area contributed by atoms with Gasteiger partial charge in [0.15, 0.2) is 0 Å². The predicted octanol–water partition coefficient (Wildman–Crippen LogP) is 3.43. The van der Waals surface area contributed by atoms with Crippen LogP contribution in [0.5, 0.6) is 0 Å². The van der Waals surface area contributed by atoms with Crippen LogP contribution in [-0.2, 0) is 12.8 Å². The molecule has 0 saturated heterocycles. The first-order chi connectivity index (χ1) is 9.09. The Hall–Kier alpha value is -1.90. The van der Waals surface area contributed by atoms with Crippen molar-refractivity contribution in [2.75, 3.05) is 0 Å². The van der Waals surface area contributed by atoms with Crippen molar-refractivity contribution in [2.45, 2.75) is 39.5 Å². The van der Waals surface area contributed by atoms with Gasteiger partial charge in [-0.25, -0.2) is 4.79 Å². The molecule has 0 atom stereocenters. The van der Waals surface area contributed by atoms with Gasteiger partial charge in [-0.15, -0.1) is 0 Å². The molecule has 0 unspecified atom stereocenters. The first kappa shape index (κ1) is 12.2. The highest BCUT2D eigenvalue weighted by molar-refractivity contribution is 6.05. The molecule has 1 aliphatic carbocycles. The number of nitrogens with zero attached hydrogens (tertiary/aromatic N) is 1. The number of hydrogen-bond donors (Lipinski definition) is 1. The van der Waals surface area contributed by atoms with E-state index in [4.69, 9.17) is 4.98 Å². The highest BCUT2D eigenvalue weighted by Crippen LogP contribution is 2.31. The maximum absolute atomic E-state index is 11.7. The Labute approximate surface area is 112 Å². The molecule has 0 aliphatic heterocycles. The molecule has 0 saturated carbocycles. The van der Waals surface area contributed by atoms with Crippen LogP contribution in [0.1, 0.15) is 45.6 Å². The second-order valence-electron chi connectivity index (χ2n) is 5.33. The number of hydrogen-bond acceptors (Lipinski definition) is 2. The lowest BCUT2D eigenvalue weighted by atomic mass is 9.89. The number of carbonyl (C=O) groups is 1. The molecule has 19 heavy (non-hydrogen) atoms. The molecule has 1 aromatic carbocycles. The summed E-state index contributed by atoms with van der Waals surface area (Å²) in [6, 6.07) is 3.89. The number of benzene rings is 1. The summed E-state index contributed by atoms with van der Waals surface area (Å²) in [4.78, 5) is 16.4. The van der Waals surface area contributed by atoms with Crippen LogP contribution in [-0.4, -0.2) is 16.1 Å². The summed E-state index contributed by atoms with van der Waals surface area (Å²) in [5, 5.41) is 10.4. The SMILES string of the molecule is Cc1ccc2c(C(=O)O)c3c(nc2c1C)CCCC3. The zero-order valence-corrected chi connectivity index (χ0v) is 11.3. The fraction of sp³-hybridized carbons (Fsp3) is 0.375. The van der Waals surface area contributed by atoms with Gasteiger partial charge in [0.1, 0.15) is 0 Å². The van der Waals surface area contributed by atoms with Crippen LogP contribution < -0.4 is 0 Å². The van der Waals surface area contributed by atoms with Crippen molar-refractivity contribution in [2.24, 2.45) is 0 Å². The molecule has 3 heteroatoms. The Morgan fingerprint density at radius 2 is 1.95 bits per heavy atom. The van der Waals surface area contributed by atoms with Crippen LogP contribution in [0.15, 0.2) is 12.1 Å². The number of pyridine rings is 1. The van der Waals surface area contributed by atoms with Crippen molar-refractivity contribution >= 4 is 16.9 Å². The maximum atomic E-state index is 11.7. The fourth-order valence-corrected chi connectivity index (χ4v) is 2.97. The molecule has 0 spiro atoms. The summed E-state index contributed by atoms with van der Waals surface area (Å²) in [5.74, 6) is -0.825. The number of fused-ring (bicyclic) bond motifs is 2. The third-order valence-electron chi connectivity index (χ3n) is 4.17. The van der Waals surface area contributed by atoms with Gasteiger partial charge in [-0.05, 0) is 56.2 Å². The highest BCUT2D eigenvalue weighted by atomic mass is 16.4. The van der Waals surface area contributed by atoms with Gasteiger partial charge in [0.2, 0.25) is 0 Å². The minimum atomic E-state index is -0.825. The average molecular weight is 255 g/mol. The molecule has 0 amide bonds. The van der Waals surface area contributed by atoms with Gasteiger partial charge in [0.25, 0.3) is 0 Å². The molecule has 0 bridgehead atoms. The first-order valence-electron chi connectivity index (χ1n) is 6.74. The standard InChI is InChI=1S/C16H17NO2/c1-9-7-8-12-14(16(18)19)11-5-3-4-6-13(11)17-15(12)10(9)2/h7-8H,3-6H2,1-2H3,(H,18,19). The number of carboxylic acids is 1. The molecule has 1 aliphatic rings. The molecule has 3 nitrogen and oxygen atoms in total. The highest BCUT2D eigenvalue weighted by Gasteiger charge is 2.22. The normalized spacial score (nSPS) is 14.4. The van der Waals surface area contributed by atoms with Crippen molar-refractivity contribution in [3.05, 3.63) is 40.1 Å². The summed E-state index contributed by atoms with van der Waals surface area (Å²) in [5.41, 5.74) is 5.53. The Kier molecular flexibility index (Phi) is 2.77. The fourth-order valence-electron chi connectivity index (χ4n) is 2.97. The lowest BCUT2D eigenvalue weighted by Gasteiger charge is -2.19. The van der Waals surface area contributed by atoms with E-state index in [-0.39, 0.29) is 0 Å². The van der Waals surface area contributed by atoms with Crippen LogP contribution in [0.3, 0.4) is 0 Å². The zero-order valence-electron chi connectivity index (χ0n) is 11.3. The van der Waals surface area contributed by atoms with Crippen molar-refractivity contribution in [3.63, 3.8) is 0 Å². The number of aromatic carboxylic acids is 1. The van der Waals surface area contributed by atoms with E-state index in [0.29, 0.717) is 5.56 Å². The topological polar surface area (TPSA) is 50.2 Å². The molecule has 0 radical (unpaired) electrons. The van der Waals surface area contributed by atoms with Crippen molar-refractivity contribution in [1.82, 2.24) is 4.98 Å². The zero-order chi connectivity index (χ0) is 13.6. The van der Waals surface area contributed by atoms with Gasteiger partial charge < -0.3 is 5.11 Å². The van der Waals surface area contributed by atoms with Crippen molar-refractivity contribution < 1.29 is 9.90 Å². The van der Waals surface area contributed by atoms with E-state index >= 15 is 0 Å². The third-order valence-corrected chi connectivity index (χ3v) is 4.17. The molecular formula is C16H17NO2. The molecule has 1 heterocycles. The lowest BCUT2D eigenvalue weighted by molar-refractivity contribution is 0.0697. The average Bonchev–Trinajstić information content (AvgIpc) is 2.40. The molecule has 0 fully saturated rings. The summed E-state index contributed by atoms with van der Waals surface area (Å²) in [7, 11) is 0. The molecule has 1 N–H and O–H groups in total. The van der Waals surface area contributed by atoms with Crippen molar-refractivity contribution in [1.29, 1.82) is 0 Å². The molecule has 2 aromatic rings. The Bertz CT molecular complexity index is 689. The minimum absolute atomic E-state index is 0.475. The molecule has 3 rings (SSSR count).